The Kier molecular flexibility index (Phi) is 4.43. The average molecular weight is 400 g/mol. The summed E-state index contributed by atoms with van der Waals surface area (Å²) < 4.78 is 2.00. The van der Waals surface area contributed by atoms with Gasteiger partial charge >= 0.3 is 0 Å². The van der Waals surface area contributed by atoms with Crippen LogP contribution in [0.5, 0.6) is 0 Å². The second-order valence-corrected chi connectivity index (χ2v) is 7.05. The number of nitrogens with one attached hydrogen (secondary N) is 3. The number of para-hydroxylation sites is 2. The molecule has 0 atom stereocenters. The third-order valence-electron chi connectivity index (χ3n) is 4.64. The van der Waals surface area contributed by atoms with Gasteiger partial charge in [-0.15, -0.1) is 0 Å². The standard InChI is InChI=1S/C20H20N10/c1-12(2)30-18-16(28-20(30)29-19-21-8-5-9-22-19)17(24-11-25-18)23-10-15-26-13-6-3-4-7-14(13)27-15/h3-9,11-12H,10H2,1-2H3,(H,26,27)(H,23,24,25)(H,21,22,28,29). The summed E-state index contributed by atoms with van der Waals surface area (Å²) in [6.07, 6.45) is 4.89. The van der Waals surface area contributed by atoms with E-state index >= 15 is 0 Å². The maximum absolute atomic E-state index is 4.74. The smallest absolute Gasteiger partial charge is 0.229 e. The fraction of sp³-hybridized carbons (Fsp3) is 0.200. The van der Waals surface area contributed by atoms with E-state index in [2.05, 4.69) is 54.4 Å². The minimum Gasteiger partial charge on any atom is -0.361 e. The maximum Gasteiger partial charge on any atom is 0.229 e. The Bertz CT molecular complexity index is 1270. The summed E-state index contributed by atoms with van der Waals surface area (Å²) in [6.45, 7) is 4.63. The summed E-state index contributed by atoms with van der Waals surface area (Å²) in [5.74, 6) is 2.54. The number of anilines is 3. The predicted molar refractivity (Wildman–Crippen MR) is 114 cm³/mol. The Balaban J connectivity index is 1.48. The third kappa shape index (κ3) is 3.28. The minimum atomic E-state index is 0.124. The van der Waals surface area contributed by atoms with Gasteiger partial charge < -0.3 is 10.3 Å². The van der Waals surface area contributed by atoms with E-state index in [0.717, 1.165) is 22.5 Å². The molecule has 0 spiro atoms. The van der Waals surface area contributed by atoms with Gasteiger partial charge in [0.05, 0.1) is 17.6 Å². The van der Waals surface area contributed by atoms with Crippen LogP contribution < -0.4 is 10.6 Å². The fourth-order valence-electron chi connectivity index (χ4n) is 3.34. The van der Waals surface area contributed by atoms with Gasteiger partial charge in [0.2, 0.25) is 11.9 Å². The monoisotopic (exact) mass is 400 g/mol. The molecule has 3 N–H and O–H groups in total. The van der Waals surface area contributed by atoms with Crippen LogP contribution in [0.2, 0.25) is 0 Å². The van der Waals surface area contributed by atoms with E-state index in [0.29, 0.717) is 29.8 Å². The molecule has 30 heavy (non-hydrogen) atoms. The van der Waals surface area contributed by atoms with E-state index in [4.69, 9.17) is 4.98 Å². The number of nitrogens with zero attached hydrogens (tertiary/aromatic N) is 7. The van der Waals surface area contributed by atoms with Gasteiger partial charge in [-0.2, -0.15) is 0 Å². The molecule has 0 amide bonds. The quantitative estimate of drug-likeness (QED) is 0.396. The number of benzene rings is 1. The Morgan fingerprint density at radius 3 is 2.63 bits per heavy atom. The fourth-order valence-corrected chi connectivity index (χ4v) is 3.34. The molecule has 5 rings (SSSR count). The molecule has 0 radical (unpaired) electrons. The van der Waals surface area contributed by atoms with Crippen LogP contribution in [0, 0.1) is 0 Å². The lowest BCUT2D eigenvalue weighted by Crippen LogP contribution is -2.08. The van der Waals surface area contributed by atoms with Crippen molar-refractivity contribution in [3.05, 3.63) is 54.9 Å². The van der Waals surface area contributed by atoms with Crippen LogP contribution in [0.15, 0.2) is 49.1 Å². The number of aromatic nitrogens is 8. The number of imidazole rings is 2. The van der Waals surface area contributed by atoms with Crippen molar-refractivity contribution in [3.63, 3.8) is 0 Å². The molecule has 0 bridgehead atoms. The molecule has 10 heteroatoms. The lowest BCUT2D eigenvalue weighted by Gasteiger charge is -2.12. The summed E-state index contributed by atoms with van der Waals surface area (Å²) in [5, 5.41) is 6.51. The van der Waals surface area contributed by atoms with Crippen LogP contribution in [-0.4, -0.2) is 39.5 Å². The van der Waals surface area contributed by atoms with Crippen LogP contribution >= 0.6 is 0 Å². The number of rotatable bonds is 6. The van der Waals surface area contributed by atoms with E-state index in [-0.39, 0.29) is 6.04 Å². The lowest BCUT2D eigenvalue weighted by molar-refractivity contribution is 0.620. The van der Waals surface area contributed by atoms with Crippen LogP contribution in [0.3, 0.4) is 0 Å². The van der Waals surface area contributed by atoms with Gasteiger partial charge in [0.1, 0.15) is 12.2 Å². The molecule has 0 aliphatic carbocycles. The maximum atomic E-state index is 4.74. The van der Waals surface area contributed by atoms with Gasteiger partial charge in [0.25, 0.3) is 0 Å². The summed E-state index contributed by atoms with van der Waals surface area (Å²) >= 11 is 0. The first-order valence-corrected chi connectivity index (χ1v) is 9.63. The molecule has 10 nitrogen and oxygen atoms in total. The van der Waals surface area contributed by atoms with Crippen LogP contribution in [-0.2, 0) is 6.54 Å². The van der Waals surface area contributed by atoms with Crippen LogP contribution in [0.4, 0.5) is 17.7 Å². The van der Waals surface area contributed by atoms with E-state index in [1.165, 1.54) is 6.33 Å². The van der Waals surface area contributed by atoms with Gasteiger partial charge in [-0.25, -0.2) is 29.9 Å². The van der Waals surface area contributed by atoms with Crippen molar-refractivity contribution in [3.8, 4) is 0 Å². The Hall–Kier alpha value is -4.08. The zero-order valence-corrected chi connectivity index (χ0v) is 16.5. The predicted octanol–water partition coefficient (Wildman–Crippen LogP) is 3.43. The zero-order valence-electron chi connectivity index (χ0n) is 16.5. The van der Waals surface area contributed by atoms with E-state index in [1.54, 1.807) is 18.5 Å². The summed E-state index contributed by atoms with van der Waals surface area (Å²) in [7, 11) is 0. The van der Waals surface area contributed by atoms with Crippen molar-refractivity contribution in [2.24, 2.45) is 0 Å². The largest absolute Gasteiger partial charge is 0.361 e. The van der Waals surface area contributed by atoms with Gasteiger partial charge in [0, 0.05) is 18.4 Å². The van der Waals surface area contributed by atoms with Crippen LogP contribution in [0.25, 0.3) is 22.2 Å². The number of aromatic amines is 1. The number of hydrogen-bond acceptors (Lipinski definition) is 8. The lowest BCUT2D eigenvalue weighted by atomic mass is 10.3. The van der Waals surface area contributed by atoms with E-state index < -0.39 is 0 Å². The molecule has 0 fully saturated rings. The molecular weight excluding hydrogens is 380 g/mol. The molecular formula is C20H20N10. The van der Waals surface area contributed by atoms with E-state index in [9.17, 15) is 0 Å². The molecule has 4 heterocycles. The number of fused-ring (bicyclic) bond motifs is 2. The Morgan fingerprint density at radius 2 is 1.83 bits per heavy atom. The first kappa shape index (κ1) is 18.0. The molecule has 4 aromatic heterocycles. The highest BCUT2D eigenvalue weighted by Gasteiger charge is 2.18. The second-order valence-electron chi connectivity index (χ2n) is 7.05. The minimum absolute atomic E-state index is 0.124. The van der Waals surface area contributed by atoms with Gasteiger partial charge in [0.15, 0.2) is 17.0 Å². The Labute approximate surface area is 171 Å². The highest BCUT2D eigenvalue weighted by molar-refractivity contribution is 5.85. The van der Waals surface area contributed by atoms with Gasteiger partial charge in [-0.05, 0) is 32.0 Å². The number of H-pyrrole nitrogens is 1. The SMILES string of the molecule is CC(C)n1c(Nc2ncccn2)nc2c(NCc3nc4ccccc4[nH]3)ncnc21. The zero-order chi connectivity index (χ0) is 20.5. The van der Waals surface area contributed by atoms with Gasteiger partial charge in [-0.3, -0.25) is 9.88 Å². The highest BCUT2D eigenvalue weighted by Crippen LogP contribution is 2.27. The molecule has 0 saturated carbocycles. The summed E-state index contributed by atoms with van der Waals surface area (Å²) in [6, 6.07) is 9.82. The Morgan fingerprint density at radius 1 is 1.00 bits per heavy atom. The summed E-state index contributed by atoms with van der Waals surface area (Å²) in [5.41, 5.74) is 3.33. The van der Waals surface area contributed by atoms with Gasteiger partial charge in [-0.1, -0.05) is 12.1 Å². The van der Waals surface area contributed by atoms with Crippen LogP contribution in [0.1, 0.15) is 25.7 Å². The number of hydrogen-bond donors (Lipinski definition) is 3. The molecule has 150 valence electrons. The van der Waals surface area contributed by atoms with Crippen molar-refractivity contribution in [1.82, 2.24) is 39.5 Å². The topological polar surface area (TPSA) is 122 Å². The molecule has 0 aliphatic heterocycles. The third-order valence-corrected chi connectivity index (χ3v) is 4.64. The van der Waals surface area contributed by atoms with Crippen molar-refractivity contribution in [2.45, 2.75) is 26.4 Å². The normalized spacial score (nSPS) is 11.4. The highest BCUT2D eigenvalue weighted by atomic mass is 15.3. The first-order chi connectivity index (χ1) is 14.7. The van der Waals surface area contributed by atoms with E-state index in [1.807, 2.05) is 28.8 Å². The van der Waals surface area contributed by atoms with Crippen molar-refractivity contribution < 1.29 is 0 Å². The second kappa shape index (κ2) is 7.39. The molecule has 5 aromatic rings. The molecule has 0 saturated heterocycles. The average Bonchev–Trinajstić information content (AvgIpc) is 3.33. The van der Waals surface area contributed by atoms with Crippen molar-refractivity contribution >= 4 is 39.9 Å². The van der Waals surface area contributed by atoms with Crippen molar-refractivity contribution in [1.29, 1.82) is 0 Å². The molecule has 0 unspecified atom stereocenters. The summed E-state index contributed by atoms with van der Waals surface area (Å²) in [4.78, 5) is 30.0. The van der Waals surface area contributed by atoms with Crippen molar-refractivity contribution in [2.75, 3.05) is 10.6 Å². The molecule has 1 aromatic carbocycles. The molecule has 0 aliphatic rings. The first-order valence-electron chi connectivity index (χ1n) is 9.63.